The van der Waals surface area contributed by atoms with E-state index in [2.05, 4.69) is 6.58 Å². The zero-order valence-electron chi connectivity index (χ0n) is 9.20. The molecule has 0 bridgehead atoms. The van der Waals surface area contributed by atoms with Gasteiger partial charge in [0.25, 0.3) is 5.91 Å². The van der Waals surface area contributed by atoms with Crippen molar-refractivity contribution in [1.82, 2.24) is 4.90 Å². The SMILES string of the molecule is C=CCN(CCO)C(=O)c1c(F)cccc1Cl. The van der Waals surface area contributed by atoms with Crippen molar-refractivity contribution in [2.45, 2.75) is 0 Å². The summed E-state index contributed by atoms with van der Waals surface area (Å²) in [5.41, 5.74) is -0.176. The first-order valence-corrected chi connectivity index (χ1v) is 5.44. The number of halogens is 2. The molecule has 1 amide bonds. The molecule has 92 valence electrons. The number of carbonyl (C=O) groups excluding carboxylic acids is 1. The lowest BCUT2D eigenvalue weighted by Crippen LogP contribution is -2.34. The van der Waals surface area contributed by atoms with Gasteiger partial charge in [0, 0.05) is 13.1 Å². The van der Waals surface area contributed by atoms with Gasteiger partial charge in [0.2, 0.25) is 0 Å². The highest BCUT2D eigenvalue weighted by molar-refractivity contribution is 6.33. The first-order chi connectivity index (χ1) is 8.11. The minimum Gasteiger partial charge on any atom is -0.395 e. The van der Waals surface area contributed by atoms with E-state index in [0.717, 1.165) is 0 Å². The molecule has 0 aliphatic carbocycles. The summed E-state index contributed by atoms with van der Waals surface area (Å²) in [6, 6.07) is 4.05. The van der Waals surface area contributed by atoms with E-state index < -0.39 is 11.7 Å². The maximum atomic E-state index is 13.5. The van der Waals surface area contributed by atoms with Crippen molar-refractivity contribution < 1.29 is 14.3 Å². The summed E-state index contributed by atoms with van der Waals surface area (Å²) >= 11 is 5.79. The Morgan fingerprint density at radius 2 is 2.29 bits per heavy atom. The van der Waals surface area contributed by atoms with E-state index in [1.54, 1.807) is 0 Å². The van der Waals surface area contributed by atoms with Crippen LogP contribution in [0.3, 0.4) is 0 Å². The van der Waals surface area contributed by atoms with Crippen molar-refractivity contribution in [3.8, 4) is 0 Å². The predicted molar refractivity (Wildman–Crippen MR) is 64.6 cm³/mol. The van der Waals surface area contributed by atoms with Crippen LogP contribution in [0.2, 0.25) is 5.02 Å². The second-order valence-electron chi connectivity index (χ2n) is 3.36. The summed E-state index contributed by atoms with van der Waals surface area (Å²) in [4.78, 5) is 13.3. The molecule has 0 aliphatic rings. The lowest BCUT2D eigenvalue weighted by Gasteiger charge is -2.20. The fraction of sp³-hybridized carbons (Fsp3) is 0.250. The molecule has 0 radical (unpaired) electrons. The van der Waals surface area contributed by atoms with Gasteiger partial charge in [0.1, 0.15) is 5.82 Å². The molecule has 0 atom stereocenters. The Morgan fingerprint density at radius 1 is 1.59 bits per heavy atom. The van der Waals surface area contributed by atoms with E-state index in [0.29, 0.717) is 0 Å². The van der Waals surface area contributed by atoms with Crippen LogP contribution in [0.4, 0.5) is 4.39 Å². The Labute approximate surface area is 104 Å². The van der Waals surface area contributed by atoms with E-state index >= 15 is 0 Å². The smallest absolute Gasteiger partial charge is 0.258 e. The molecule has 0 heterocycles. The Kier molecular flexibility index (Phi) is 5.12. The number of hydrogen-bond donors (Lipinski definition) is 1. The third kappa shape index (κ3) is 3.28. The summed E-state index contributed by atoms with van der Waals surface area (Å²) in [6.45, 7) is 3.63. The van der Waals surface area contributed by atoms with Crippen molar-refractivity contribution in [1.29, 1.82) is 0 Å². The largest absolute Gasteiger partial charge is 0.395 e. The van der Waals surface area contributed by atoms with Crippen LogP contribution in [0.15, 0.2) is 30.9 Å². The minimum atomic E-state index is -0.672. The maximum Gasteiger partial charge on any atom is 0.258 e. The third-order valence-electron chi connectivity index (χ3n) is 2.18. The molecule has 5 heteroatoms. The molecule has 0 aromatic heterocycles. The van der Waals surface area contributed by atoms with E-state index in [-0.39, 0.29) is 30.3 Å². The van der Waals surface area contributed by atoms with E-state index in [9.17, 15) is 9.18 Å². The summed E-state index contributed by atoms with van der Waals surface area (Å²) in [5.74, 6) is -1.23. The van der Waals surface area contributed by atoms with Crippen LogP contribution in [0.5, 0.6) is 0 Å². The zero-order valence-corrected chi connectivity index (χ0v) is 9.95. The fourth-order valence-electron chi connectivity index (χ4n) is 1.41. The Bertz CT molecular complexity index is 403. The van der Waals surface area contributed by atoms with Crippen molar-refractivity contribution in [2.75, 3.05) is 19.7 Å². The molecular formula is C12H13ClFNO2. The summed E-state index contributed by atoms with van der Waals surface area (Å²) in [7, 11) is 0. The number of hydrogen-bond acceptors (Lipinski definition) is 2. The number of amides is 1. The Hall–Kier alpha value is -1.39. The lowest BCUT2D eigenvalue weighted by molar-refractivity contribution is 0.0738. The monoisotopic (exact) mass is 257 g/mol. The average Bonchev–Trinajstić information content (AvgIpc) is 2.28. The van der Waals surface area contributed by atoms with Gasteiger partial charge in [-0.3, -0.25) is 4.79 Å². The number of nitrogens with zero attached hydrogens (tertiary/aromatic N) is 1. The molecule has 0 fully saturated rings. The van der Waals surface area contributed by atoms with Gasteiger partial charge in [0.15, 0.2) is 0 Å². The summed E-state index contributed by atoms with van der Waals surface area (Å²) in [5, 5.41) is 8.90. The van der Waals surface area contributed by atoms with Gasteiger partial charge in [0.05, 0.1) is 17.2 Å². The van der Waals surface area contributed by atoms with Gasteiger partial charge in [-0.25, -0.2) is 4.39 Å². The van der Waals surface area contributed by atoms with Gasteiger partial charge in [-0.05, 0) is 12.1 Å². The van der Waals surface area contributed by atoms with Crippen molar-refractivity contribution in [3.63, 3.8) is 0 Å². The predicted octanol–water partition coefficient (Wildman–Crippen LogP) is 2.10. The lowest BCUT2D eigenvalue weighted by atomic mass is 10.2. The summed E-state index contributed by atoms with van der Waals surface area (Å²) < 4.78 is 13.5. The highest BCUT2D eigenvalue weighted by Gasteiger charge is 2.20. The van der Waals surface area contributed by atoms with Gasteiger partial charge >= 0.3 is 0 Å². The van der Waals surface area contributed by atoms with Crippen LogP contribution in [0, 0.1) is 5.82 Å². The van der Waals surface area contributed by atoms with E-state index in [1.165, 1.54) is 29.2 Å². The highest BCUT2D eigenvalue weighted by Crippen LogP contribution is 2.20. The fourth-order valence-corrected chi connectivity index (χ4v) is 1.66. The van der Waals surface area contributed by atoms with Crippen LogP contribution < -0.4 is 0 Å². The topological polar surface area (TPSA) is 40.5 Å². The normalized spacial score (nSPS) is 10.1. The number of carbonyl (C=O) groups is 1. The second-order valence-corrected chi connectivity index (χ2v) is 3.77. The van der Waals surface area contributed by atoms with Crippen LogP contribution >= 0.6 is 11.6 Å². The molecule has 0 spiro atoms. The number of aliphatic hydroxyl groups excluding tert-OH is 1. The average molecular weight is 258 g/mol. The second kappa shape index (κ2) is 6.37. The van der Waals surface area contributed by atoms with Gasteiger partial charge in [-0.15, -0.1) is 6.58 Å². The molecule has 0 unspecified atom stereocenters. The van der Waals surface area contributed by atoms with Crippen LogP contribution in [0.25, 0.3) is 0 Å². The zero-order chi connectivity index (χ0) is 12.8. The van der Waals surface area contributed by atoms with Crippen LogP contribution in [-0.4, -0.2) is 35.6 Å². The van der Waals surface area contributed by atoms with Crippen LogP contribution in [0.1, 0.15) is 10.4 Å². The molecule has 1 N–H and O–H groups in total. The van der Waals surface area contributed by atoms with Crippen molar-refractivity contribution in [2.24, 2.45) is 0 Å². The van der Waals surface area contributed by atoms with Crippen molar-refractivity contribution in [3.05, 3.63) is 47.3 Å². The quantitative estimate of drug-likeness (QED) is 0.821. The molecule has 1 aromatic carbocycles. The standard InChI is InChI=1S/C12H13ClFNO2/c1-2-6-15(7-8-16)12(17)11-9(13)4-3-5-10(11)14/h2-5,16H,1,6-8H2. The van der Waals surface area contributed by atoms with Gasteiger partial charge < -0.3 is 10.0 Å². The molecular weight excluding hydrogens is 245 g/mol. The number of benzene rings is 1. The molecule has 1 rings (SSSR count). The third-order valence-corrected chi connectivity index (χ3v) is 2.50. The molecule has 0 saturated heterocycles. The molecule has 1 aromatic rings. The van der Waals surface area contributed by atoms with Crippen LogP contribution in [-0.2, 0) is 0 Å². The maximum absolute atomic E-state index is 13.5. The Balaban J connectivity index is 3.04. The number of rotatable bonds is 5. The van der Waals surface area contributed by atoms with Crippen molar-refractivity contribution >= 4 is 17.5 Å². The van der Waals surface area contributed by atoms with E-state index in [4.69, 9.17) is 16.7 Å². The highest BCUT2D eigenvalue weighted by atomic mass is 35.5. The van der Waals surface area contributed by atoms with E-state index in [1.807, 2.05) is 0 Å². The minimum absolute atomic E-state index is 0.0574. The summed E-state index contributed by atoms with van der Waals surface area (Å²) in [6.07, 6.45) is 1.50. The first-order valence-electron chi connectivity index (χ1n) is 5.06. The molecule has 0 aliphatic heterocycles. The van der Waals surface area contributed by atoms with Gasteiger partial charge in [-0.2, -0.15) is 0 Å². The van der Waals surface area contributed by atoms with Gasteiger partial charge in [-0.1, -0.05) is 23.7 Å². The Morgan fingerprint density at radius 3 is 2.82 bits per heavy atom. The molecule has 3 nitrogen and oxygen atoms in total. The first kappa shape index (κ1) is 13.7. The molecule has 0 saturated carbocycles. The number of aliphatic hydroxyl groups is 1. The molecule has 17 heavy (non-hydrogen) atoms.